The summed E-state index contributed by atoms with van der Waals surface area (Å²) in [5.41, 5.74) is 1.64. The molecule has 0 radical (unpaired) electrons. The van der Waals surface area contributed by atoms with Gasteiger partial charge in [-0.25, -0.2) is 0 Å². The Balaban J connectivity index is 1.66. The third-order valence-electron chi connectivity index (χ3n) is 12.9. The molecule has 3 nitrogen and oxygen atoms in total. The third-order valence-corrected chi connectivity index (χ3v) is 12.9. The number of aliphatic hydroxyl groups is 2. The van der Waals surface area contributed by atoms with Crippen molar-refractivity contribution < 1.29 is 15.0 Å². The van der Waals surface area contributed by atoms with Crippen molar-refractivity contribution in [3.63, 3.8) is 0 Å². The Labute approximate surface area is 201 Å². The van der Waals surface area contributed by atoms with Crippen molar-refractivity contribution in [3.05, 3.63) is 11.1 Å². The van der Waals surface area contributed by atoms with Crippen LogP contribution in [0.25, 0.3) is 0 Å². The average Bonchev–Trinajstić information content (AvgIpc) is 3.07. The van der Waals surface area contributed by atoms with Crippen LogP contribution in [0.15, 0.2) is 11.1 Å². The highest BCUT2D eigenvalue weighted by molar-refractivity contribution is 6.00. The van der Waals surface area contributed by atoms with Crippen molar-refractivity contribution in [2.75, 3.05) is 0 Å². The molecule has 9 atom stereocenters. The van der Waals surface area contributed by atoms with E-state index in [0.29, 0.717) is 35.9 Å². The predicted molar refractivity (Wildman–Crippen MR) is 132 cm³/mol. The first kappa shape index (κ1) is 24.0. The molecule has 0 heterocycles. The van der Waals surface area contributed by atoms with E-state index in [1.807, 2.05) is 0 Å². The Bertz CT molecular complexity index is 900. The molecule has 0 aliphatic heterocycles. The topological polar surface area (TPSA) is 57.5 Å². The summed E-state index contributed by atoms with van der Waals surface area (Å²) in [6.45, 7) is 18.7. The number of ketones is 1. The number of rotatable bonds is 1. The van der Waals surface area contributed by atoms with Gasteiger partial charge in [-0.15, -0.1) is 0 Å². The van der Waals surface area contributed by atoms with E-state index in [2.05, 4.69) is 55.4 Å². The maximum Gasteiger partial charge on any atom is 0.160 e. The number of aliphatic hydroxyl groups excluding tert-OH is 2. The highest BCUT2D eigenvalue weighted by Crippen LogP contribution is 2.75. The van der Waals surface area contributed by atoms with Gasteiger partial charge in [0.1, 0.15) is 0 Å². The number of fused-ring (bicyclic) bond motifs is 6. The summed E-state index contributed by atoms with van der Waals surface area (Å²) in [5, 5.41) is 22.6. The lowest BCUT2D eigenvalue weighted by Crippen LogP contribution is -2.63. The normalized spacial score (nSPS) is 53.4. The van der Waals surface area contributed by atoms with Crippen LogP contribution in [0.4, 0.5) is 0 Å². The minimum atomic E-state index is -0.567. The third kappa shape index (κ3) is 2.73. The number of hydrogen-bond donors (Lipinski definition) is 2. The molecule has 0 spiro atoms. The lowest BCUT2D eigenvalue weighted by Gasteiger charge is -2.67. The molecule has 2 N–H and O–H groups in total. The zero-order valence-electron chi connectivity index (χ0n) is 22.4. The zero-order valence-corrected chi connectivity index (χ0v) is 22.4. The van der Waals surface area contributed by atoms with Crippen LogP contribution in [0.5, 0.6) is 0 Å². The van der Waals surface area contributed by atoms with Gasteiger partial charge >= 0.3 is 0 Å². The molecular formula is C30H48O3. The van der Waals surface area contributed by atoms with Gasteiger partial charge in [0.15, 0.2) is 5.78 Å². The van der Waals surface area contributed by atoms with Gasteiger partial charge in [-0.1, -0.05) is 55.4 Å². The first-order chi connectivity index (χ1) is 15.1. The lowest BCUT2D eigenvalue weighted by atomic mass is 9.37. The van der Waals surface area contributed by atoms with Gasteiger partial charge in [0, 0.05) is 12.0 Å². The van der Waals surface area contributed by atoms with Gasteiger partial charge < -0.3 is 10.2 Å². The Morgan fingerprint density at radius 3 is 2.18 bits per heavy atom. The molecule has 0 saturated heterocycles. The first-order valence-electron chi connectivity index (χ1n) is 13.8. The molecule has 5 rings (SSSR count). The van der Waals surface area contributed by atoms with Gasteiger partial charge in [-0.2, -0.15) is 0 Å². The standard InChI is InChI=1S/C30H48O3/c1-17(2)18-9-10-21-27(18,5)13-14-29(7)25-19(31)15-22-26(3,4)23(33)11-12-28(22,6)24(25)20(32)16-30(21,29)8/h17-19,21-23,31,33H,9-16H2,1-8H3/t18-,19-,21-,22+,23+,27-,28+,29-,30+/m1/s1. The second-order valence-electron chi connectivity index (χ2n) is 14.7. The number of hydrogen-bond acceptors (Lipinski definition) is 3. The SMILES string of the molecule is CC(C)[C@H]1CC[C@@H]2[C@]1(C)CC[C@]1(C)C3=C(C(=O)C[C@@]21C)[C@@]1(C)CC[C@H](O)C(C)(C)[C@@H]1C[C@H]3O. The van der Waals surface area contributed by atoms with Gasteiger partial charge in [-0.3, -0.25) is 4.79 Å². The summed E-state index contributed by atoms with van der Waals surface area (Å²) in [7, 11) is 0. The van der Waals surface area contributed by atoms with Crippen LogP contribution in [0.1, 0.15) is 107 Å². The fraction of sp³-hybridized carbons (Fsp3) is 0.900. The first-order valence-corrected chi connectivity index (χ1v) is 13.8. The molecule has 0 aromatic rings. The second kappa shape index (κ2) is 6.96. The van der Waals surface area contributed by atoms with E-state index in [1.165, 1.54) is 19.3 Å². The highest BCUT2D eigenvalue weighted by atomic mass is 16.3. The molecule has 0 unspecified atom stereocenters. The predicted octanol–water partition coefficient (Wildman–Crippen LogP) is 6.32. The maximum atomic E-state index is 14.2. The van der Waals surface area contributed by atoms with Crippen molar-refractivity contribution in [3.8, 4) is 0 Å². The molecule has 0 bridgehead atoms. The zero-order chi connectivity index (χ0) is 24.4. The van der Waals surface area contributed by atoms with E-state index in [0.717, 1.165) is 36.3 Å². The van der Waals surface area contributed by atoms with E-state index in [4.69, 9.17) is 0 Å². The van der Waals surface area contributed by atoms with E-state index in [9.17, 15) is 15.0 Å². The monoisotopic (exact) mass is 456 g/mol. The minimum Gasteiger partial charge on any atom is -0.393 e. The molecule has 3 fully saturated rings. The smallest absolute Gasteiger partial charge is 0.160 e. The van der Waals surface area contributed by atoms with Gasteiger partial charge in [0.05, 0.1) is 12.2 Å². The van der Waals surface area contributed by atoms with E-state index >= 15 is 0 Å². The summed E-state index contributed by atoms with van der Waals surface area (Å²) in [6, 6.07) is 0. The molecule has 5 aliphatic rings. The van der Waals surface area contributed by atoms with Crippen LogP contribution >= 0.6 is 0 Å². The van der Waals surface area contributed by atoms with Crippen LogP contribution in [0, 0.1) is 50.7 Å². The summed E-state index contributed by atoms with van der Waals surface area (Å²) in [4.78, 5) is 14.2. The van der Waals surface area contributed by atoms with E-state index in [1.54, 1.807) is 0 Å². The van der Waals surface area contributed by atoms with Gasteiger partial charge in [0.2, 0.25) is 0 Å². The maximum absolute atomic E-state index is 14.2. The lowest BCUT2D eigenvalue weighted by molar-refractivity contribution is -0.155. The molecule has 3 heteroatoms. The molecule has 33 heavy (non-hydrogen) atoms. The quantitative estimate of drug-likeness (QED) is 0.485. The Morgan fingerprint density at radius 2 is 1.55 bits per heavy atom. The number of carbonyl (C=O) groups is 1. The molecule has 0 aromatic heterocycles. The molecule has 5 aliphatic carbocycles. The Hall–Kier alpha value is -0.670. The van der Waals surface area contributed by atoms with Crippen molar-refractivity contribution in [1.82, 2.24) is 0 Å². The summed E-state index contributed by atoms with van der Waals surface area (Å²) < 4.78 is 0. The number of Topliss-reactive ketones (excluding diaryl/α,β-unsaturated/α-hetero) is 1. The van der Waals surface area contributed by atoms with Gasteiger partial charge in [0.25, 0.3) is 0 Å². The molecule has 186 valence electrons. The Morgan fingerprint density at radius 1 is 0.879 bits per heavy atom. The van der Waals surface area contributed by atoms with Crippen LogP contribution < -0.4 is 0 Å². The van der Waals surface area contributed by atoms with Crippen molar-refractivity contribution in [2.24, 2.45) is 50.7 Å². The summed E-state index contributed by atoms with van der Waals surface area (Å²) in [5.74, 6) is 2.38. The molecule has 0 amide bonds. The largest absolute Gasteiger partial charge is 0.393 e. The van der Waals surface area contributed by atoms with Crippen LogP contribution in [-0.2, 0) is 4.79 Å². The van der Waals surface area contributed by atoms with Crippen molar-refractivity contribution in [1.29, 1.82) is 0 Å². The summed E-state index contributed by atoms with van der Waals surface area (Å²) >= 11 is 0. The minimum absolute atomic E-state index is 0.0898. The van der Waals surface area contributed by atoms with Crippen LogP contribution in [-0.4, -0.2) is 28.2 Å². The van der Waals surface area contributed by atoms with E-state index < -0.39 is 6.10 Å². The average molecular weight is 457 g/mol. The van der Waals surface area contributed by atoms with E-state index in [-0.39, 0.29) is 33.7 Å². The second-order valence-corrected chi connectivity index (χ2v) is 14.7. The number of carbonyl (C=O) groups excluding carboxylic acids is 1. The van der Waals surface area contributed by atoms with Crippen molar-refractivity contribution >= 4 is 5.78 Å². The van der Waals surface area contributed by atoms with Crippen LogP contribution in [0.2, 0.25) is 0 Å². The van der Waals surface area contributed by atoms with Crippen molar-refractivity contribution in [2.45, 2.75) is 119 Å². The van der Waals surface area contributed by atoms with Crippen LogP contribution in [0.3, 0.4) is 0 Å². The Kier molecular flexibility index (Phi) is 5.07. The molecular weight excluding hydrogens is 408 g/mol. The molecule has 0 aromatic carbocycles. The molecule has 3 saturated carbocycles. The fourth-order valence-corrected chi connectivity index (χ4v) is 11.0. The fourth-order valence-electron chi connectivity index (χ4n) is 11.0. The van der Waals surface area contributed by atoms with Gasteiger partial charge in [-0.05, 0) is 101 Å². The summed E-state index contributed by atoms with van der Waals surface area (Å²) in [6.07, 6.45) is 6.74. The highest BCUT2D eigenvalue weighted by Gasteiger charge is 2.69. The number of allylic oxidation sites excluding steroid dienone is 1.